The Kier molecular flexibility index (Phi) is 6.37. The molecule has 2 fully saturated rings. The first-order valence-electron chi connectivity index (χ1n) is 8.21. The minimum Gasteiger partial charge on any atom is -0.310 e. The van der Waals surface area contributed by atoms with Gasteiger partial charge in [-0.3, -0.25) is 0 Å². The zero-order valence-corrected chi connectivity index (χ0v) is 13.1. The van der Waals surface area contributed by atoms with E-state index in [-0.39, 0.29) is 0 Å². The van der Waals surface area contributed by atoms with E-state index in [0.29, 0.717) is 0 Å². The molecule has 4 atom stereocenters. The first-order valence-corrected chi connectivity index (χ1v) is 9.26. The number of hydrogen-bond donors (Lipinski definition) is 1. The monoisotopic (exact) mass is 269 g/mol. The molecule has 2 heteroatoms. The van der Waals surface area contributed by atoms with E-state index in [1.54, 1.807) is 0 Å². The first-order chi connectivity index (χ1) is 8.83. The van der Waals surface area contributed by atoms with Gasteiger partial charge in [-0.05, 0) is 43.8 Å². The van der Waals surface area contributed by atoms with E-state index in [1.807, 2.05) is 0 Å². The van der Waals surface area contributed by atoms with Crippen LogP contribution in [0.15, 0.2) is 0 Å². The van der Waals surface area contributed by atoms with Crippen LogP contribution in [0.5, 0.6) is 0 Å². The summed E-state index contributed by atoms with van der Waals surface area (Å²) in [4.78, 5) is 0. The van der Waals surface area contributed by atoms with Gasteiger partial charge in [0, 0.05) is 17.3 Å². The van der Waals surface area contributed by atoms with Gasteiger partial charge in [0.15, 0.2) is 0 Å². The molecular formula is C16H31NS. The van der Waals surface area contributed by atoms with Gasteiger partial charge in [0.25, 0.3) is 0 Å². The van der Waals surface area contributed by atoms with Crippen LogP contribution in [0.4, 0.5) is 0 Å². The van der Waals surface area contributed by atoms with E-state index in [4.69, 9.17) is 0 Å². The Bertz CT molecular complexity index is 231. The van der Waals surface area contributed by atoms with Crippen LogP contribution in [0.3, 0.4) is 0 Å². The molecule has 106 valence electrons. The van der Waals surface area contributed by atoms with E-state index in [1.165, 1.54) is 63.5 Å². The third-order valence-corrected chi connectivity index (χ3v) is 6.27. The summed E-state index contributed by atoms with van der Waals surface area (Å²) in [7, 11) is 0. The van der Waals surface area contributed by atoms with Crippen LogP contribution in [0.25, 0.3) is 0 Å². The van der Waals surface area contributed by atoms with Gasteiger partial charge in [-0.25, -0.2) is 0 Å². The highest BCUT2D eigenvalue weighted by Gasteiger charge is 2.29. The van der Waals surface area contributed by atoms with Crippen molar-refractivity contribution < 1.29 is 0 Å². The Morgan fingerprint density at radius 1 is 0.944 bits per heavy atom. The Morgan fingerprint density at radius 2 is 1.78 bits per heavy atom. The van der Waals surface area contributed by atoms with Crippen LogP contribution in [0, 0.1) is 5.92 Å². The van der Waals surface area contributed by atoms with Crippen molar-refractivity contribution in [3.63, 3.8) is 0 Å². The standard InChI is InChI=1S/C16H31NS/c1-3-13-7-5-8-14(12-11-13)17-15-9-6-10-16(15)18-4-2/h13-17H,3-12H2,1-2H3. The van der Waals surface area contributed by atoms with Gasteiger partial charge in [-0.2, -0.15) is 11.8 Å². The summed E-state index contributed by atoms with van der Waals surface area (Å²) in [5.41, 5.74) is 0. The summed E-state index contributed by atoms with van der Waals surface area (Å²) >= 11 is 2.18. The molecule has 0 bridgehead atoms. The first kappa shape index (κ1) is 14.7. The Labute approximate surface area is 118 Å². The zero-order valence-electron chi connectivity index (χ0n) is 12.3. The van der Waals surface area contributed by atoms with Crippen molar-refractivity contribution in [2.45, 2.75) is 89.0 Å². The van der Waals surface area contributed by atoms with Gasteiger partial charge in [-0.15, -0.1) is 0 Å². The fourth-order valence-electron chi connectivity index (χ4n) is 3.79. The van der Waals surface area contributed by atoms with Gasteiger partial charge in [0.2, 0.25) is 0 Å². The zero-order chi connectivity index (χ0) is 12.8. The van der Waals surface area contributed by atoms with Gasteiger partial charge >= 0.3 is 0 Å². The summed E-state index contributed by atoms with van der Waals surface area (Å²) < 4.78 is 0. The maximum atomic E-state index is 4.02. The average Bonchev–Trinajstić information content (AvgIpc) is 2.68. The molecular weight excluding hydrogens is 238 g/mol. The highest BCUT2D eigenvalue weighted by Crippen LogP contribution is 2.32. The molecule has 0 aromatic heterocycles. The molecule has 18 heavy (non-hydrogen) atoms. The number of rotatable bonds is 5. The minimum absolute atomic E-state index is 0.818. The highest BCUT2D eigenvalue weighted by atomic mass is 32.2. The predicted molar refractivity (Wildman–Crippen MR) is 83.3 cm³/mol. The lowest BCUT2D eigenvalue weighted by atomic mass is 9.97. The van der Waals surface area contributed by atoms with Crippen LogP contribution in [0.1, 0.15) is 71.6 Å². The molecule has 2 rings (SSSR count). The molecule has 0 saturated heterocycles. The highest BCUT2D eigenvalue weighted by molar-refractivity contribution is 7.99. The second-order valence-corrected chi connectivity index (χ2v) is 7.69. The summed E-state index contributed by atoms with van der Waals surface area (Å²) in [6, 6.07) is 1.64. The van der Waals surface area contributed by atoms with Crippen molar-refractivity contribution in [3.05, 3.63) is 0 Å². The largest absolute Gasteiger partial charge is 0.310 e. The molecule has 0 amide bonds. The van der Waals surface area contributed by atoms with Crippen molar-refractivity contribution in [3.8, 4) is 0 Å². The normalized spacial score (nSPS) is 37.7. The Hall–Kier alpha value is 0.310. The second kappa shape index (κ2) is 7.79. The van der Waals surface area contributed by atoms with Crippen LogP contribution >= 0.6 is 11.8 Å². The summed E-state index contributed by atoms with van der Waals surface area (Å²) in [5, 5.41) is 4.92. The average molecular weight is 269 g/mol. The lowest BCUT2D eigenvalue weighted by Gasteiger charge is -2.26. The Balaban J connectivity index is 1.78. The lowest BCUT2D eigenvalue weighted by Crippen LogP contribution is -2.41. The van der Waals surface area contributed by atoms with Crippen molar-refractivity contribution >= 4 is 11.8 Å². The van der Waals surface area contributed by atoms with Crippen LogP contribution < -0.4 is 5.32 Å². The van der Waals surface area contributed by atoms with Gasteiger partial charge in [-0.1, -0.05) is 39.5 Å². The van der Waals surface area contributed by atoms with E-state index in [2.05, 4.69) is 30.9 Å². The van der Waals surface area contributed by atoms with Crippen LogP contribution in [-0.4, -0.2) is 23.1 Å². The quantitative estimate of drug-likeness (QED) is 0.732. The summed E-state index contributed by atoms with van der Waals surface area (Å²) in [5.74, 6) is 2.30. The summed E-state index contributed by atoms with van der Waals surface area (Å²) in [6.07, 6.45) is 13.0. The van der Waals surface area contributed by atoms with Gasteiger partial charge < -0.3 is 5.32 Å². The molecule has 0 spiro atoms. The molecule has 0 aromatic carbocycles. The molecule has 0 aromatic rings. The predicted octanol–water partition coefficient (Wildman–Crippen LogP) is 4.61. The molecule has 0 radical (unpaired) electrons. The van der Waals surface area contributed by atoms with E-state index in [9.17, 15) is 0 Å². The molecule has 2 saturated carbocycles. The molecule has 1 nitrogen and oxygen atoms in total. The van der Waals surface area contributed by atoms with Crippen molar-refractivity contribution in [2.24, 2.45) is 5.92 Å². The van der Waals surface area contributed by atoms with E-state index in [0.717, 1.165) is 23.3 Å². The maximum Gasteiger partial charge on any atom is 0.0201 e. The number of hydrogen-bond acceptors (Lipinski definition) is 2. The number of nitrogens with one attached hydrogen (secondary N) is 1. The maximum absolute atomic E-state index is 4.02. The minimum atomic E-state index is 0.818. The van der Waals surface area contributed by atoms with Crippen LogP contribution in [-0.2, 0) is 0 Å². The van der Waals surface area contributed by atoms with Gasteiger partial charge in [0.05, 0.1) is 0 Å². The third kappa shape index (κ3) is 4.16. The molecule has 1 N–H and O–H groups in total. The van der Waals surface area contributed by atoms with Crippen molar-refractivity contribution in [1.29, 1.82) is 0 Å². The SMILES string of the molecule is CCSC1CCCC1NC1CCCC(CC)CC1. The molecule has 4 unspecified atom stereocenters. The van der Waals surface area contributed by atoms with Gasteiger partial charge in [0.1, 0.15) is 0 Å². The summed E-state index contributed by atoms with van der Waals surface area (Å²) in [6.45, 7) is 4.67. The fourth-order valence-corrected chi connectivity index (χ4v) is 4.99. The molecule has 2 aliphatic rings. The van der Waals surface area contributed by atoms with E-state index < -0.39 is 0 Å². The van der Waals surface area contributed by atoms with Crippen LogP contribution in [0.2, 0.25) is 0 Å². The molecule has 2 aliphatic carbocycles. The Morgan fingerprint density at radius 3 is 2.56 bits per heavy atom. The second-order valence-electron chi connectivity index (χ2n) is 6.18. The topological polar surface area (TPSA) is 12.0 Å². The van der Waals surface area contributed by atoms with Crippen molar-refractivity contribution in [2.75, 3.05) is 5.75 Å². The third-order valence-electron chi connectivity index (χ3n) is 4.95. The number of thioether (sulfide) groups is 1. The lowest BCUT2D eigenvalue weighted by molar-refractivity contribution is 0.389. The van der Waals surface area contributed by atoms with Crippen molar-refractivity contribution in [1.82, 2.24) is 5.32 Å². The smallest absolute Gasteiger partial charge is 0.0201 e. The fraction of sp³-hybridized carbons (Fsp3) is 1.00. The molecule has 0 aliphatic heterocycles. The van der Waals surface area contributed by atoms with E-state index >= 15 is 0 Å². The molecule has 0 heterocycles.